The zero-order valence-electron chi connectivity index (χ0n) is 12.3. The van der Waals surface area contributed by atoms with E-state index in [0.29, 0.717) is 12.4 Å². The predicted octanol–water partition coefficient (Wildman–Crippen LogP) is 2.80. The third kappa shape index (κ3) is 4.74. The lowest BCUT2D eigenvalue weighted by Gasteiger charge is -2.24. The number of nitrogens with zero attached hydrogens (tertiary/aromatic N) is 2. The van der Waals surface area contributed by atoms with Crippen molar-refractivity contribution in [2.75, 3.05) is 25.5 Å². The lowest BCUT2D eigenvalue weighted by Crippen LogP contribution is -2.26. The van der Waals surface area contributed by atoms with Crippen molar-refractivity contribution in [1.29, 1.82) is 0 Å². The second-order valence-electron chi connectivity index (χ2n) is 5.77. The molecule has 0 aliphatic carbocycles. The minimum atomic E-state index is -2.36. The molecule has 1 heterocycles. The Bertz CT molecular complexity index is 414. The van der Waals surface area contributed by atoms with Gasteiger partial charge >= 0.3 is 0 Å². The normalized spacial score (nSPS) is 12.0. The lowest BCUT2D eigenvalue weighted by molar-refractivity contribution is 0.156. The Morgan fingerprint density at radius 1 is 1.32 bits per heavy atom. The van der Waals surface area contributed by atoms with Crippen LogP contribution in [0.4, 0.5) is 14.6 Å². The molecule has 0 fully saturated rings. The van der Waals surface area contributed by atoms with E-state index in [0.717, 1.165) is 11.3 Å². The van der Waals surface area contributed by atoms with Gasteiger partial charge in [0.15, 0.2) is 0 Å². The van der Waals surface area contributed by atoms with Gasteiger partial charge in [-0.25, -0.2) is 13.8 Å². The van der Waals surface area contributed by atoms with Crippen molar-refractivity contribution >= 4 is 5.82 Å². The van der Waals surface area contributed by atoms with Crippen molar-refractivity contribution < 1.29 is 8.78 Å². The van der Waals surface area contributed by atoms with Crippen LogP contribution in [0.25, 0.3) is 0 Å². The predicted molar refractivity (Wildman–Crippen MR) is 75.0 cm³/mol. The first-order chi connectivity index (χ1) is 8.74. The van der Waals surface area contributed by atoms with Gasteiger partial charge in [-0.3, -0.25) is 0 Å². The highest BCUT2D eigenvalue weighted by atomic mass is 19.3. The Morgan fingerprint density at radius 2 is 1.95 bits per heavy atom. The maximum atomic E-state index is 12.5. The number of nitrogens with one attached hydrogen (secondary N) is 1. The summed E-state index contributed by atoms with van der Waals surface area (Å²) in [5, 5.41) is 3.08. The SMILES string of the molecule is CNCc1cc(N(C)CC(F)F)nc(C(C)(C)C)c1. The average molecular weight is 271 g/mol. The van der Waals surface area contributed by atoms with Crippen LogP contribution in [0, 0.1) is 0 Å². The molecular weight excluding hydrogens is 248 g/mol. The van der Waals surface area contributed by atoms with Gasteiger partial charge in [0.05, 0.1) is 6.54 Å². The molecule has 1 N–H and O–H groups in total. The number of rotatable bonds is 5. The molecule has 0 aliphatic heterocycles. The Balaban J connectivity index is 3.12. The number of halogens is 2. The summed E-state index contributed by atoms with van der Waals surface area (Å²) in [5.74, 6) is 0.595. The summed E-state index contributed by atoms with van der Waals surface area (Å²) in [7, 11) is 3.50. The molecule has 108 valence electrons. The topological polar surface area (TPSA) is 28.2 Å². The van der Waals surface area contributed by atoms with Crippen molar-refractivity contribution in [3.63, 3.8) is 0 Å². The molecule has 19 heavy (non-hydrogen) atoms. The van der Waals surface area contributed by atoms with Crippen molar-refractivity contribution in [3.05, 3.63) is 23.4 Å². The molecule has 0 amide bonds. The summed E-state index contributed by atoms with van der Waals surface area (Å²) in [6.45, 7) is 6.58. The first kappa shape index (κ1) is 15.8. The fraction of sp³-hybridized carbons (Fsp3) is 0.643. The molecule has 0 aliphatic rings. The van der Waals surface area contributed by atoms with Crippen LogP contribution in [0.5, 0.6) is 0 Å². The first-order valence-corrected chi connectivity index (χ1v) is 6.39. The molecule has 0 bridgehead atoms. The number of hydrogen-bond donors (Lipinski definition) is 1. The van der Waals surface area contributed by atoms with Gasteiger partial charge in [0.2, 0.25) is 0 Å². The van der Waals surface area contributed by atoms with Crippen LogP contribution >= 0.6 is 0 Å². The third-order valence-corrected chi connectivity index (χ3v) is 2.82. The molecule has 0 radical (unpaired) electrons. The largest absolute Gasteiger partial charge is 0.354 e. The highest BCUT2D eigenvalue weighted by Gasteiger charge is 2.19. The van der Waals surface area contributed by atoms with Crippen LogP contribution < -0.4 is 10.2 Å². The molecule has 0 atom stereocenters. The van der Waals surface area contributed by atoms with E-state index in [1.165, 1.54) is 4.90 Å². The van der Waals surface area contributed by atoms with E-state index >= 15 is 0 Å². The van der Waals surface area contributed by atoms with Gasteiger partial charge in [0.25, 0.3) is 6.43 Å². The number of pyridine rings is 1. The zero-order valence-corrected chi connectivity index (χ0v) is 12.3. The van der Waals surface area contributed by atoms with Crippen molar-refractivity contribution in [2.24, 2.45) is 0 Å². The van der Waals surface area contributed by atoms with Gasteiger partial charge in [-0.15, -0.1) is 0 Å². The second kappa shape index (κ2) is 6.28. The fourth-order valence-electron chi connectivity index (χ4n) is 1.76. The number of hydrogen-bond acceptors (Lipinski definition) is 3. The van der Waals surface area contributed by atoms with E-state index in [9.17, 15) is 8.78 Å². The quantitative estimate of drug-likeness (QED) is 0.892. The zero-order chi connectivity index (χ0) is 14.6. The highest BCUT2D eigenvalue weighted by Crippen LogP contribution is 2.24. The van der Waals surface area contributed by atoms with Crippen molar-refractivity contribution in [1.82, 2.24) is 10.3 Å². The van der Waals surface area contributed by atoms with Gasteiger partial charge in [-0.05, 0) is 24.7 Å². The van der Waals surface area contributed by atoms with Crippen LogP contribution in [0.1, 0.15) is 32.0 Å². The van der Waals surface area contributed by atoms with Gasteiger partial charge in [0, 0.05) is 24.7 Å². The molecule has 1 aromatic rings. The first-order valence-electron chi connectivity index (χ1n) is 6.39. The molecule has 0 unspecified atom stereocenters. The molecule has 0 aromatic carbocycles. The number of alkyl halides is 2. The number of aromatic nitrogens is 1. The maximum absolute atomic E-state index is 12.5. The van der Waals surface area contributed by atoms with Crippen LogP contribution in [0.3, 0.4) is 0 Å². The van der Waals surface area contributed by atoms with E-state index in [1.54, 1.807) is 7.05 Å². The van der Waals surface area contributed by atoms with Gasteiger partial charge in [-0.2, -0.15) is 0 Å². The average Bonchev–Trinajstić information content (AvgIpc) is 2.27. The lowest BCUT2D eigenvalue weighted by atomic mass is 9.90. The van der Waals surface area contributed by atoms with E-state index in [1.807, 2.05) is 19.2 Å². The van der Waals surface area contributed by atoms with Crippen molar-refractivity contribution in [2.45, 2.75) is 39.2 Å². The summed E-state index contributed by atoms with van der Waals surface area (Å²) in [4.78, 5) is 6.00. The summed E-state index contributed by atoms with van der Waals surface area (Å²) in [6, 6.07) is 3.88. The van der Waals surface area contributed by atoms with Crippen LogP contribution in [-0.2, 0) is 12.0 Å². The minimum Gasteiger partial charge on any atom is -0.354 e. The Kier molecular flexibility index (Phi) is 5.23. The third-order valence-electron chi connectivity index (χ3n) is 2.82. The molecule has 0 saturated carbocycles. The summed E-state index contributed by atoms with van der Waals surface area (Å²) >= 11 is 0. The Morgan fingerprint density at radius 3 is 2.42 bits per heavy atom. The van der Waals surface area contributed by atoms with E-state index < -0.39 is 6.43 Å². The van der Waals surface area contributed by atoms with Crippen LogP contribution in [-0.4, -0.2) is 32.0 Å². The van der Waals surface area contributed by atoms with Crippen molar-refractivity contribution in [3.8, 4) is 0 Å². The van der Waals surface area contributed by atoms with Crippen LogP contribution in [0.15, 0.2) is 12.1 Å². The monoisotopic (exact) mass is 271 g/mol. The molecule has 3 nitrogen and oxygen atoms in total. The smallest absolute Gasteiger partial charge is 0.255 e. The molecular formula is C14H23F2N3. The number of anilines is 1. The van der Waals surface area contributed by atoms with Crippen LogP contribution in [0.2, 0.25) is 0 Å². The van der Waals surface area contributed by atoms with E-state index in [-0.39, 0.29) is 12.0 Å². The minimum absolute atomic E-state index is 0.107. The Labute approximate surface area is 114 Å². The molecule has 0 spiro atoms. The fourth-order valence-corrected chi connectivity index (χ4v) is 1.76. The van der Waals surface area contributed by atoms with Gasteiger partial charge in [-0.1, -0.05) is 20.8 Å². The summed E-state index contributed by atoms with van der Waals surface area (Å²) < 4.78 is 24.9. The molecule has 1 aromatic heterocycles. The van der Waals surface area contributed by atoms with E-state index in [2.05, 4.69) is 31.1 Å². The highest BCUT2D eigenvalue weighted by molar-refractivity contribution is 5.43. The summed E-state index contributed by atoms with van der Waals surface area (Å²) in [6.07, 6.45) is -2.36. The van der Waals surface area contributed by atoms with Gasteiger partial charge < -0.3 is 10.2 Å². The second-order valence-corrected chi connectivity index (χ2v) is 5.77. The van der Waals surface area contributed by atoms with Gasteiger partial charge in [0.1, 0.15) is 5.82 Å². The maximum Gasteiger partial charge on any atom is 0.255 e. The molecule has 1 rings (SSSR count). The molecule has 5 heteroatoms. The molecule has 0 saturated heterocycles. The van der Waals surface area contributed by atoms with E-state index in [4.69, 9.17) is 0 Å². The Hall–Kier alpha value is -1.23. The summed E-state index contributed by atoms with van der Waals surface area (Å²) in [5.41, 5.74) is 1.86. The standard InChI is InChI=1S/C14H23F2N3/c1-14(2,3)11-6-10(8-17-4)7-13(18-11)19(5)9-12(15)16/h6-7,12,17H,8-9H2,1-5H3.